The Labute approximate surface area is 173 Å². The van der Waals surface area contributed by atoms with Crippen LogP contribution in [0.3, 0.4) is 0 Å². The van der Waals surface area contributed by atoms with E-state index in [1.807, 2.05) is 23.1 Å². The van der Waals surface area contributed by atoms with Gasteiger partial charge in [0.05, 0.1) is 16.6 Å². The van der Waals surface area contributed by atoms with Gasteiger partial charge in [-0.2, -0.15) is 5.10 Å². The fourth-order valence-corrected chi connectivity index (χ4v) is 5.16. The van der Waals surface area contributed by atoms with Gasteiger partial charge in [-0.3, -0.25) is 9.59 Å². The van der Waals surface area contributed by atoms with Gasteiger partial charge < -0.3 is 4.90 Å². The maximum Gasteiger partial charge on any atom is 0.272 e. The van der Waals surface area contributed by atoms with E-state index in [0.29, 0.717) is 24.0 Å². The number of halogens is 1. The van der Waals surface area contributed by atoms with Gasteiger partial charge in [0.1, 0.15) is 5.82 Å². The highest BCUT2D eigenvalue weighted by molar-refractivity contribution is 5.95. The third-order valence-electron chi connectivity index (χ3n) is 6.80. The molecule has 6 heteroatoms. The van der Waals surface area contributed by atoms with E-state index in [9.17, 15) is 14.0 Å². The van der Waals surface area contributed by atoms with Crippen molar-refractivity contribution in [2.24, 2.45) is 5.41 Å². The first-order valence-electron chi connectivity index (χ1n) is 10.6. The van der Waals surface area contributed by atoms with Gasteiger partial charge >= 0.3 is 0 Å². The number of aromatic amines is 1. The Morgan fingerprint density at radius 2 is 1.87 bits per heavy atom. The number of hydrogen-bond acceptors (Lipinski definition) is 3. The average Bonchev–Trinajstić information content (AvgIpc) is 3.41. The molecular weight excluding hydrogens is 381 g/mol. The van der Waals surface area contributed by atoms with Gasteiger partial charge in [-0.25, -0.2) is 9.49 Å². The number of rotatable bonds is 3. The smallest absolute Gasteiger partial charge is 0.272 e. The Balaban J connectivity index is 1.43. The van der Waals surface area contributed by atoms with Crippen molar-refractivity contribution in [2.45, 2.75) is 38.5 Å². The predicted octanol–water partition coefficient (Wildman–Crippen LogP) is 4.06. The van der Waals surface area contributed by atoms with E-state index in [4.69, 9.17) is 0 Å². The van der Waals surface area contributed by atoms with Crippen LogP contribution < -0.4 is 5.56 Å². The van der Waals surface area contributed by atoms with Crippen LogP contribution >= 0.6 is 0 Å². The minimum atomic E-state index is -0.490. The Morgan fingerprint density at radius 3 is 2.67 bits per heavy atom. The number of aromatic nitrogens is 2. The van der Waals surface area contributed by atoms with Gasteiger partial charge in [-0.1, -0.05) is 37.1 Å². The summed E-state index contributed by atoms with van der Waals surface area (Å²) in [6.07, 6.45) is 6.22. The van der Waals surface area contributed by atoms with Crippen molar-refractivity contribution in [2.75, 3.05) is 13.1 Å². The van der Waals surface area contributed by atoms with E-state index in [1.165, 1.54) is 31.7 Å². The molecule has 5 nitrogen and oxygen atoms in total. The minimum absolute atomic E-state index is 0.122. The summed E-state index contributed by atoms with van der Waals surface area (Å²) in [5.41, 5.74) is 1.62. The zero-order valence-corrected chi connectivity index (χ0v) is 16.8. The summed E-state index contributed by atoms with van der Waals surface area (Å²) in [6.45, 7) is 1.44. The molecule has 0 unspecified atom stereocenters. The molecule has 0 atom stereocenters. The number of nitrogens with zero attached hydrogens (tertiary/aromatic N) is 2. The van der Waals surface area contributed by atoms with Crippen molar-refractivity contribution in [3.8, 4) is 0 Å². The molecule has 1 saturated carbocycles. The van der Waals surface area contributed by atoms with Gasteiger partial charge in [-0.05, 0) is 48.4 Å². The Kier molecular flexibility index (Phi) is 4.65. The number of nitrogens with one attached hydrogen (secondary N) is 1. The number of fused-ring (bicyclic) bond motifs is 1. The maximum absolute atomic E-state index is 14.6. The summed E-state index contributed by atoms with van der Waals surface area (Å²) in [6, 6.07) is 12.0. The second-order valence-corrected chi connectivity index (χ2v) is 8.72. The topological polar surface area (TPSA) is 66.1 Å². The van der Waals surface area contributed by atoms with Crippen molar-refractivity contribution in [3.63, 3.8) is 0 Å². The van der Waals surface area contributed by atoms with E-state index >= 15 is 0 Å². The van der Waals surface area contributed by atoms with Crippen LogP contribution in [0.2, 0.25) is 0 Å². The van der Waals surface area contributed by atoms with Crippen LogP contribution in [-0.4, -0.2) is 34.1 Å². The molecular formula is C24H24FN3O2. The highest BCUT2D eigenvalue weighted by Crippen LogP contribution is 2.45. The molecule has 2 fully saturated rings. The summed E-state index contributed by atoms with van der Waals surface area (Å²) in [7, 11) is 0. The monoisotopic (exact) mass is 405 g/mol. The molecule has 1 amide bonds. The zero-order chi connectivity index (χ0) is 20.7. The van der Waals surface area contributed by atoms with Crippen LogP contribution in [0.25, 0.3) is 10.8 Å². The van der Waals surface area contributed by atoms with E-state index in [-0.39, 0.29) is 22.4 Å². The second kappa shape index (κ2) is 7.35. The SMILES string of the molecule is O=C(c1cc(Cc2n[nH]c(=O)c3ccccc23)ccc1F)N1CCC2(CCCC2)C1. The predicted molar refractivity (Wildman–Crippen MR) is 113 cm³/mol. The lowest BCUT2D eigenvalue weighted by Crippen LogP contribution is -2.31. The normalized spacial score (nSPS) is 17.8. The van der Waals surface area contributed by atoms with Crippen LogP contribution in [0.5, 0.6) is 0 Å². The van der Waals surface area contributed by atoms with Crippen LogP contribution in [0.15, 0.2) is 47.3 Å². The van der Waals surface area contributed by atoms with E-state index in [1.54, 1.807) is 18.2 Å². The number of H-pyrrole nitrogens is 1. The first kappa shape index (κ1) is 19.0. The molecule has 2 aliphatic rings. The number of carbonyl (C=O) groups is 1. The van der Waals surface area contributed by atoms with Crippen molar-refractivity contribution < 1.29 is 9.18 Å². The van der Waals surface area contributed by atoms with Gasteiger partial charge in [0, 0.05) is 24.9 Å². The fraction of sp³-hybridized carbons (Fsp3) is 0.375. The molecule has 154 valence electrons. The van der Waals surface area contributed by atoms with Gasteiger partial charge in [-0.15, -0.1) is 0 Å². The molecule has 5 rings (SSSR count). The summed E-state index contributed by atoms with van der Waals surface area (Å²) in [5.74, 6) is -0.715. The molecule has 1 saturated heterocycles. The summed E-state index contributed by atoms with van der Waals surface area (Å²) >= 11 is 0. The standard InChI is InChI=1S/C24H24FN3O2/c25-20-8-7-16(14-21-17-5-1-2-6-18(17)22(29)27-26-21)13-19(20)23(30)28-12-11-24(15-28)9-3-4-10-24/h1-2,5-8,13H,3-4,9-12,14-15H2,(H,27,29). The Hall–Kier alpha value is -3.02. The van der Waals surface area contributed by atoms with Crippen LogP contribution in [0.4, 0.5) is 4.39 Å². The summed E-state index contributed by atoms with van der Waals surface area (Å²) in [5, 5.41) is 8.06. The molecule has 1 spiro atoms. The molecule has 0 radical (unpaired) electrons. The van der Waals surface area contributed by atoms with E-state index < -0.39 is 5.82 Å². The quantitative estimate of drug-likeness (QED) is 0.715. The molecule has 3 aromatic rings. The first-order chi connectivity index (χ1) is 14.5. The van der Waals surface area contributed by atoms with Crippen LogP contribution in [0, 0.1) is 11.2 Å². The molecule has 1 N–H and O–H groups in total. The van der Waals surface area contributed by atoms with E-state index in [2.05, 4.69) is 10.2 Å². The van der Waals surface area contributed by atoms with Crippen molar-refractivity contribution in [3.05, 3.63) is 75.5 Å². The lowest BCUT2D eigenvalue weighted by molar-refractivity contribution is 0.0768. The number of amides is 1. The largest absolute Gasteiger partial charge is 0.338 e. The number of carbonyl (C=O) groups excluding carboxylic acids is 1. The highest BCUT2D eigenvalue weighted by Gasteiger charge is 2.42. The molecule has 2 heterocycles. The van der Waals surface area contributed by atoms with Gasteiger partial charge in [0.2, 0.25) is 0 Å². The van der Waals surface area contributed by atoms with Gasteiger partial charge in [0.15, 0.2) is 0 Å². The highest BCUT2D eigenvalue weighted by atomic mass is 19.1. The summed E-state index contributed by atoms with van der Waals surface area (Å²) in [4.78, 5) is 26.9. The molecule has 0 bridgehead atoms. The third-order valence-corrected chi connectivity index (χ3v) is 6.80. The van der Waals surface area contributed by atoms with Crippen molar-refractivity contribution in [1.29, 1.82) is 0 Å². The van der Waals surface area contributed by atoms with Crippen molar-refractivity contribution >= 4 is 16.7 Å². The van der Waals surface area contributed by atoms with Gasteiger partial charge in [0.25, 0.3) is 11.5 Å². The number of hydrogen-bond donors (Lipinski definition) is 1. The summed E-state index contributed by atoms with van der Waals surface area (Å²) < 4.78 is 14.6. The number of benzene rings is 2. The lowest BCUT2D eigenvalue weighted by atomic mass is 9.86. The first-order valence-corrected chi connectivity index (χ1v) is 10.6. The molecule has 2 aromatic carbocycles. The second-order valence-electron chi connectivity index (χ2n) is 8.72. The van der Waals surface area contributed by atoms with Crippen LogP contribution in [0.1, 0.15) is 53.7 Å². The Bertz CT molecular complexity index is 1180. The molecule has 1 aliphatic heterocycles. The molecule has 1 aliphatic carbocycles. The van der Waals surface area contributed by atoms with E-state index in [0.717, 1.165) is 23.9 Å². The maximum atomic E-state index is 14.6. The zero-order valence-electron chi connectivity index (χ0n) is 16.8. The fourth-order valence-electron chi connectivity index (χ4n) is 5.16. The Morgan fingerprint density at radius 1 is 1.10 bits per heavy atom. The third kappa shape index (κ3) is 3.30. The minimum Gasteiger partial charge on any atom is -0.338 e. The van der Waals surface area contributed by atoms with Crippen molar-refractivity contribution in [1.82, 2.24) is 15.1 Å². The number of likely N-dealkylation sites (tertiary alicyclic amines) is 1. The average molecular weight is 405 g/mol. The van der Waals surface area contributed by atoms with Crippen LogP contribution in [-0.2, 0) is 6.42 Å². The molecule has 1 aromatic heterocycles. The molecule has 30 heavy (non-hydrogen) atoms. The lowest BCUT2D eigenvalue weighted by Gasteiger charge is -2.23.